The number of nitrogens with two attached hydrogens (primary N) is 4. The molecule has 2 aromatic rings. The summed E-state index contributed by atoms with van der Waals surface area (Å²) in [5, 5.41) is 3.03. The molecule has 0 aliphatic heterocycles. The van der Waals surface area contributed by atoms with E-state index in [9.17, 15) is 0 Å². The van der Waals surface area contributed by atoms with Crippen LogP contribution in [0.2, 0.25) is 0 Å². The number of aromatic nitrogens is 3. The molecule has 2 rings (SSSR count). The molecule has 0 atom stereocenters. The fourth-order valence-electron chi connectivity index (χ4n) is 1.60. The normalized spacial score (nSPS) is 10.6. The number of nitrogens with zero attached hydrogens (tertiary/aromatic N) is 3. The first-order valence-corrected chi connectivity index (χ1v) is 13.5. The molecule has 0 unspecified atom stereocenters. The summed E-state index contributed by atoms with van der Waals surface area (Å²) in [7, 11) is 3.18. The zero-order valence-electron chi connectivity index (χ0n) is 14.3. The van der Waals surface area contributed by atoms with E-state index in [1.807, 2.05) is 24.3 Å². The van der Waals surface area contributed by atoms with Crippen molar-refractivity contribution >= 4 is 70.0 Å². The Morgan fingerprint density at radius 3 is 2.00 bits per heavy atom. The fourth-order valence-corrected chi connectivity index (χ4v) is 9.51. The molecule has 1 aromatic heterocycles. The topological polar surface area (TPSA) is 173 Å². The van der Waals surface area contributed by atoms with Gasteiger partial charge in [-0.1, -0.05) is 0 Å². The average molecular weight is 497 g/mol. The van der Waals surface area contributed by atoms with E-state index in [2.05, 4.69) is 20.3 Å². The van der Waals surface area contributed by atoms with Crippen LogP contribution >= 0.6 is 32.3 Å². The monoisotopic (exact) mass is 496 g/mol. The van der Waals surface area contributed by atoms with Gasteiger partial charge in [-0.15, -0.1) is 12.4 Å². The van der Waals surface area contributed by atoms with Gasteiger partial charge in [0.25, 0.3) is 0 Å². The van der Waals surface area contributed by atoms with Crippen LogP contribution in [0.15, 0.2) is 29.2 Å². The minimum atomic E-state index is -1.94. The first kappa shape index (κ1) is 24.1. The second-order valence-corrected chi connectivity index (χ2v) is 12.8. The summed E-state index contributed by atoms with van der Waals surface area (Å²) in [6, 6.07) is 7.73. The number of halogens is 1. The van der Waals surface area contributed by atoms with Gasteiger partial charge in [0.1, 0.15) is 0 Å². The standard InChI is InChI=1S/C13H21AsN8O2S2.ClH/c15-5-7-23-14(24-8-6-16)26-25-10-3-1-9(2-4-10)19-13-21-11(17)20-12(18)22-13;/h1-4H,5-8,15-16H2,(H5,17,18,19,20,21,22);1H. The van der Waals surface area contributed by atoms with Crippen molar-refractivity contribution in [2.24, 2.45) is 11.5 Å². The molecular formula is C13H22AsClN8O2S2. The number of hydrogen-bond acceptors (Lipinski definition) is 12. The molecule has 27 heavy (non-hydrogen) atoms. The average Bonchev–Trinajstić information content (AvgIpc) is 2.61. The van der Waals surface area contributed by atoms with Crippen LogP contribution in [0.1, 0.15) is 0 Å². The summed E-state index contributed by atoms with van der Waals surface area (Å²) >= 11 is -1.94. The van der Waals surface area contributed by atoms with Gasteiger partial charge in [-0.2, -0.15) is 0 Å². The van der Waals surface area contributed by atoms with Gasteiger partial charge in [-0.25, -0.2) is 0 Å². The Kier molecular flexibility index (Phi) is 11.8. The molecule has 0 saturated heterocycles. The van der Waals surface area contributed by atoms with Crippen molar-refractivity contribution in [1.29, 1.82) is 0 Å². The Hall–Kier alpha value is -0.982. The maximum atomic E-state index is 5.67. The van der Waals surface area contributed by atoms with E-state index in [-0.39, 0.29) is 24.3 Å². The van der Waals surface area contributed by atoms with E-state index < -0.39 is 14.2 Å². The van der Waals surface area contributed by atoms with Crippen LogP contribution in [0.4, 0.5) is 23.5 Å². The Balaban J connectivity index is 0.00000364. The Morgan fingerprint density at radius 2 is 1.48 bits per heavy atom. The number of benzene rings is 1. The number of nitrogens with one attached hydrogen (secondary N) is 1. The Bertz CT molecular complexity index is 660. The van der Waals surface area contributed by atoms with Crippen LogP contribution in [0.25, 0.3) is 0 Å². The van der Waals surface area contributed by atoms with Gasteiger partial charge in [0, 0.05) is 0 Å². The summed E-state index contributed by atoms with van der Waals surface area (Å²) in [6.45, 7) is 1.90. The van der Waals surface area contributed by atoms with Crippen LogP contribution in [0.3, 0.4) is 0 Å². The fraction of sp³-hybridized carbons (Fsp3) is 0.308. The van der Waals surface area contributed by atoms with Crippen molar-refractivity contribution in [2.45, 2.75) is 4.90 Å². The quantitative estimate of drug-likeness (QED) is 0.220. The van der Waals surface area contributed by atoms with Crippen molar-refractivity contribution < 1.29 is 7.45 Å². The van der Waals surface area contributed by atoms with Crippen LogP contribution in [0.5, 0.6) is 0 Å². The molecular weight excluding hydrogens is 475 g/mol. The summed E-state index contributed by atoms with van der Waals surface area (Å²) in [4.78, 5) is 12.7. The molecule has 10 nitrogen and oxygen atoms in total. The van der Waals surface area contributed by atoms with Gasteiger partial charge >= 0.3 is 164 Å². The van der Waals surface area contributed by atoms with Crippen molar-refractivity contribution in [3.63, 3.8) is 0 Å². The van der Waals surface area contributed by atoms with Crippen LogP contribution in [-0.2, 0) is 7.45 Å². The van der Waals surface area contributed by atoms with E-state index >= 15 is 0 Å². The number of nitrogen functional groups attached to an aromatic ring is 2. The van der Waals surface area contributed by atoms with E-state index in [0.717, 1.165) is 10.6 Å². The summed E-state index contributed by atoms with van der Waals surface area (Å²) in [5.74, 6) is 0.424. The second-order valence-electron chi connectivity index (χ2n) is 4.65. The summed E-state index contributed by atoms with van der Waals surface area (Å²) < 4.78 is 11.3. The van der Waals surface area contributed by atoms with Crippen molar-refractivity contribution in [3.8, 4) is 0 Å². The molecule has 0 radical (unpaired) electrons. The molecule has 1 aromatic carbocycles. The number of hydrogen-bond donors (Lipinski definition) is 5. The molecule has 0 fully saturated rings. The molecule has 0 aliphatic rings. The first-order chi connectivity index (χ1) is 12.6. The van der Waals surface area contributed by atoms with Crippen molar-refractivity contribution in [1.82, 2.24) is 15.0 Å². The van der Waals surface area contributed by atoms with Gasteiger partial charge in [0.05, 0.1) is 0 Å². The van der Waals surface area contributed by atoms with E-state index in [1.54, 1.807) is 19.9 Å². The molecule has 14 heteroatoms. The third-order valence-electron chi connectivity index (χ3n) is 2.60. The van der Waals surface area contributed by atoms with E-state index in [0.29, 0.717) is 32.3 Å². The van der Waals surface area contributed by atoms with E-state index in [1.165, 1.54) is 0 Å². The van der Waals surface area contributed by atoms with Crippen molar-refractivity contribution in [2.75, 3.05) is 43.1 Å². The maximum absolute atomic E-state index is 5.67. The summed E-state index contributed by atoms with van der Waals surface area (Å²) in [6.07, 6.45) is 0. The zero-order valence-corrected chi connectivity index (χ0v) is 18.6. The van der Waals surface area contributed by atoms with Crippen LogP contribution in [-0.4, -0.2) is 55.4 Å². The van der Waals surface area contributed by atoms with Gasteiger partial charge in [-0.3, -0.25) is 0 Å². The molecule has 150 valence electrons. The third-order valence-corrected chi connectivity index (χ3v) is 10.9. The van der Waals surface area contributed by atoms with Crippen LogP contribution < -0.4 is 28.3 Å². The molecule has 0 spiro atoms. The molecule has 0 saturated carbocycles. The van der Waals surface area contributed by atoms with Crippen molar-refractivity contribution in [3.05, 3.63) is 24.3 Å². The molecule has 1 heterocycles. The molecule has 9 N–H and O–H groups in total. The van der Waals surface area contributed by atoms with Gasteiger partial charge < -0.3 is 0 Å². The minimum absolute atomic E-state index is 0. The molecule has 0 amide bonds. The van der Waals surface area contributed by atoms with Crippen LogP contribution in [0, 0.1) is 0 Å². The van der Waals surface area contributed by atoms with Gasteiger partial charge in [0.2, 0.25) is 0 Å². The number of anilines is 4. The second kappa shape index (κ2) is 13.2. The Labute approximate surface area is 175 Å². The third kappa shape index (κ3) is 9.17. The predicted molar refractivity (Wildman–Crippen MR) is 115 cm³/mol. The number of rotatable bonds is 11. The SMILES string of the molecule is Cl.NCCO[As](OCCN)SSc1ccc(Nc2nc(N)nc(N)n2)cc1. The molecule has 0 aliphatic carbocycles. The predicted octanol–water partition coefficient (Wildman–Crippen LogP) is 0.877. The van der Waals surface area contributed by atoms with Gasteiger partial charge in [0.15, 0.2) is 0 Å². The molecule has 0 bridgehead atoms. The summed E-state index contributed by atoms with van der Waals surface area (Å²) in [5.41, 5.74) is 22.9. The van der Waals surface area contributed by atoms with Gasteiger partial charge in [-0.05, 0) is 0 Å². The van der Waals surface area contributed by atoms with E-state index in [4.69, 9.17) is 30.4 Å². The zero-order chi connectivity index (χ0) is 18.8. The first-order valence-electron chi connectivity index (χ1n) is 7.55. The Morgan fingerprint density at radius 1 is 0.926 bits per heavy atom.